The molecule has 40 heavy (non-hydrogen) atoms. The minimum absolute atomic E-state index is 0.241. The minimum Gasteiger partial charge on any atom is -0.497 e. The summed E-state index contributed by atoms with van der Waals surface area (Å²) in [4.78, 5) is 51.8. The van der Waals surface area contributed by atoms with Crippen LogP contribution in [0.3, 0.4) is 0 Å². The first-order valence-corrected chi connectivity index (χ1v) is 13.1. The minimum atomic E-state index is -0.854. The van der Waals surface area contributed by atoms with E-state index >= 15 is 0 Å². The third-order valence-corrected chi connectivity index (χ3v) is 7.02. The molecule has 10 nitrogen and oxygen atoms in total. The van der Waals surface area contributed by atoms with E-state index in [1.54, 1.807) is 24.3 Å². The van der Waals surface area contributed by atoms with Gasteiger partial charge in [-0.2, -0.15) is 0 Å². The Kier molecular flexibility index (Phi) is 8.73. The number of methoxy groups -OCH3 is 2. The van der Waals surface area contributed by atoms with Crippen LogP contribution in [-0.2, 0) is 14.4 Å². The lowest BCUT2D eigenvalue weighted by molar-refractivity contribution is -0.122. The summed E-state index contributed by atoms with van der Waals surface area (Å²) in [5, 5.41) is 5.04. The van der Waals surface area contributed by atoms with E-state index in [0.717, 1.165) is 16.0 Å². The zero-order chi connectivity index (χ0) is 29.0. The standard InChI is InChI=1S/C29H26IN3O7/c1-16-6-5-7-23(17(16)2)31-25(34)15-40-26-22(30)13-18(14-24(26)39-4)12-21-27(35)32-29(37)33(28(21)36)19-8-10-20(38-3)11-9-19/h5-14H,15H2,1-4H3,(H,31,34)(H,32,35,37)/b21-12+. The maximum Gasteiger partial charge on any atom is 0.335 e. The molecule has 4 rings (SSSR count). The fourth-order valence-corrected chi connectivity index (χ4v) is 4.74. The second-order valence-electron chi connectivity index (χ2n) is 8.77. The summed E-state index contributed by atoms with van der Waals surface area (Å²) in [6, 6.07) is 14.3. The van der Waals surface area contributed by atoms with Gasteiger partial charge in [0.1, 0.15) is 11.3 Å². The molecular formula is C29H26IN3O7. The van der Waals surface area contributed by atoms with Crippen LogP contribution in [0.1, 0.15) is 16.7 Å². The molecule has 1 aliphatic rings. The summed E-state index contributed by atoms with van der Waals surface area (Å²) in [6.45, 7) is 3.62. The highest BCUT2D eigenvalue weighted by Gasteiger charge is 2.37. The van der Waals surface area contributed by atoms with Crippen LogP contribution in [-0.4, -0.2) is 44.6 Å². The van der Waals surface area contributed by atoms with Crippen molar-refractivity contribution in [3.05, 3.63) is 80.4 Å². The van der Waals surface area contributed by atoms with Crippen molar-refractivity contribution in [2.75, 3.05) is 31.0 Å². The molecule has 11 heteroatoms. The monoisotopic (exact) mass is 655 g/mol. The van der Waals surface area contributed by atoms with Gasteiger partial charge in [-0.05, 0) is 102 Å². The van der Waals surface area contributed by atoms with Crippen molar-refractivity contribution in [3.8, 4) is 17.2 Å². The first-order valence-electron chi connectivity index (χ1n) is 12.0. The number of ether oxygens (including phenoxy) is 3. The Balaban J connectivity index is 1.55. The van der Waals surface area contributed by atoms with E-state index in [1.807, 2.05) is 54.6 Å². The number of nitrogens with zero attached hydrogens (tertiary/aromatic N) is 1. The van der Waals surface area contributed by atoms with Crippen LogP contribution in [0.15, 0.2) is 60.2 Å². The summed E-state index contributed by atoms with van der Waals surface area (Å²) in [5.41, 5.74) is 3.22. The number of amides is 5. The van der Waals surface area contributed by atoms with E-state index in [-0.39, 0.29) is 23.8 Å². The molecule has 1 aliphatic heterocycles. The molecule has 0 spiro atoms. The first-order chi connectivity index (χ1) is 19.1. The number of aryl methyl sites for hydroxylation is 1. The number of anilines is 2. The zero-order valence-electron chi connectivity index (χ0n) is 22.2. The Bertz CT molecular complexity index is 1530. The van der Waals surface area contributed by atoms with E-state index in [1.165, 1.54) is 32.4 Å². The molecule has 0 bridgehead atoms. The Hall–Kier alpha value is -4.39. The van der Waals surface area contributed by atoms with Crippen molar-refractivity contribution in [1.82, 2.24) is 5.32 Å². The lowest BCUT2D eigenvalue weighted by atomic mass is 10.1. The summed E-state index contributed by atoms with van der Waals surface area (Å²) in [7, 11) is 2.94. The SMILES string of the molecule is COc1ccc(N2C(=O)NC(=O)/C(=C\c3cc(I)c(OCC(=O)Nc4cccc(C)c4C)c(OC)c3)C2=O)cc1. The molecule has 1 fully saturated rings. The maximum absolute atomic E-state index is 13.2. The van der Waals surface area contributed by atoms with Gasteiger partial charge >= 0.3 is 6.03 Å². The van der Waals surface area contributed by atoms with Crippen LogP contribution in [0.4, 0.5) is 16.2 Å². The van der Waals surface area contributed by atoms with Crippen LogP contribution in [0.25, 0.3) is 6.08 Å². The Morgan fingerprint density at radius 1 is 1.02 bits per heavy atom. The van der Waals surface area contributed by atoms with Gasteiger partial charge in [0.15, 0.2) is 18.1 Å². The molecule has 0 aromatic heterocycles. The van der Waals surface area contributed by atoms with E-state index in [2.05, 4.69) is 10.6 Å². The Morgan fingerprint density at radius 3 is 2.42 bits per heavy atom. The lowest BCUT2D eigenvalue weighted by Gasteiger charge is -2.26. The van der Waals surface area contributed by atoms with Crippen LogP contribution < -0.4 is 29.7 Å². The first kappa shape index (κ1) is 28.6. The van der Waals surface area contributed by atoms with Crippen LogP contribution in [0, 0.1) is 17.4 Å². The molecule has 0 aliphatic carbocycles. The maximum atomic E-state index is 13.2. The second-order valence-corrected chi connectivity index (χ2v) is 9.94. The van der Waals surface area contributed by atoms with Gasteiger partial charge in [-0.1, -0.05) is 12.1 Å². The van der Waals surface area contributed by atoms with Gasteiger partial charge in [0.05, 0.1) is 23.5 Å². The third-order valence-electron chi connectivity index (χ3n) is 6.22. The summed E-state index contributed by atoms with van der Waals surface area (Å²) >= 11 is 2.02. The highest BCUT2D eigenvalue weighted by molar-refractivity contribution is 14.1. The predicted molar refractivity (Wildman–Crippen MR) is 158 cm³/mol. The number of carbonyl (C=O) groups excluding carboxylic acids is 4. The highest BCUT2D eigenvalue weighted by Crippen LogP contribution is 2.35. The summed E-state index contributed by atoms with van der Waals surface area (Å²) < 4.78 is 17.0. The molecule has 3 aromatic carbocycles. The quantitative estimate of drug-likeness (QED) is 0.207. The van der Waals surface area contributed by atoms with Crippen molar-refractivity contribution < 1.29 is 33.4 Å². The van der Waals surface area contributed by atoms with Gasteiger partial charge in [0.2, 0.25) is 0 Å². The number of hydrogen-bond acceptors (Lipinski definition) is 7. The smallest absolute Gasteiger partial charge is 0.335 e. The molecule has 1 saturated heterocycles. The second kappa shape index (κ2) is 12.2. The van der Waals surface area contributed by atoms with Gasteiger partial charge in [-0.25, -0.2) is 9.69 Å². The van der Waals surface area contributed by atoms with Crippen molar-refractivity contribution in [2.24, 2.45) is 0 Å². The number of hydrogen-bond donors (Lipinski definition) is 2. The van der Waals surface area contributed by atoms with Crippen LogP contribution >= 0.6 is 22.6 Å². The molecule has 2 N–H and O–H groups in total. The molecule has 5 amide bonds. The van der Waals surface area contributed by atoms with Gasteiger partial charge in [0, 0.05) is 5.69 Å². The van der Waals surface area contributed by atoms with Crippen LogP contribution in [0.2, 0.25) is 0 Å². The fourth-order valence-electron chi connectivity index (χ4n) is 3.96. The summed E-state index contributed by atoms with van der Waals surface area (Å²) in [5.74, 6) is -0.771. The highest BCUT2D eigenvalue weighted by atomic mass is 127. The van der Waals surface area contributed by atoms with E-state index < -0.39 is 17.8 Å². The molecule has 3 aromatic rings. The average Bonchev–Trinajstić information content (AvgIpc) is 2.93. The number of carbonyl (C=O) groups is 4. The number of imide groups is 2. The molecule has 0 atom stereocenters. The van der Waals surface area contributed by atoms with Crippen LogP contribution in [0.5, 0.6) is 17.2 Å². The van der Waals surface area contributed by atoms with E-state index in [0.29, 0.717) is 32.1 Å². The largest absolute Gasteiger partial charge is 0.497 e. The van der Waals surface area contributed by atoms with Gasteiger partial charge in [-0.3, -0.25) is 19.7 Å². The Labute approximate surface area is 244 Å². The number of nitrogens with one attached hydrogen (secondary N) is 2. The number of barbiturate groups is 1. The molecule has 1 heterocycles. The molecule has 0 saturated carbocycles. The predicted octanol–water partition coefficient (Wildman–Crippen LogP) is 4.61. The van der Waals surface area contributed by atoms with Gasteiger partial charge < -0.3 is 19.5 Å². The molecule has 0 unspecified atom stereocenters. The van der Waals surface area contributed by atoms with Crippen molar-refractivity contribution in [2.45, 2.75) is 13.8 Å². The van der Waals surface area contributed by atoms with Crippen molar-refractivity contribution >= 4 is 63.8 Å². The number of benzene rings is 3. The topological polar surface area (TPSA) is 123 Å². The number of urea groups is 1. The van der Waals surface area contributed by atoms with E-state index in [4.69, 9.17) is 14.2 Å². The fraction of sp³-hybridized carbons (Fsp3) is 0.172. The lowest BCUT2D eigenvalue weighted by Crippen LogP contribution is -2.54. The van der Waals surface area contributed by atoms with Gasteiger partial charge in [0.25, 0.3) is 17.7 Å². The third kappa shape index (κ3) is 6.09. The van der Waals surface area contributed by atoms with E-state index in [9.17, 15) is 19.2 Å². The Morgan fingerprint density at radius 2 is 1.75 bits per heavy atom. The summed E-state index contributed by atoms with van der Waals surface area (Å²) in [6.07, 6.45) is 1.36. The number of halogens is 1. The average molecular weight is 655 g/mol. The van der Waals surface area contributed by atoms with Gasteiger partial charge in [-0.15, -0.1) is 0 Å². The van der Waals surface area contributed by atoms with Crippen molar-refractivity contribution in [3.63, 3.8) is 0 Å². The number of rotatable bonds is 8. The molecule has 206 valence electrons. The normalized spacial score (nSPS) is 14.2. The molecular weight excluding hydrogens is 629 g/mol. The molecule has 0 radical (unpaired) electrons. The van der Waals surface area contributed by atoms with Crippen molar-refractivity contribution in [1.29, 1.82) is 0 Å². The zero-order valence-corrected chi connectivity index (χ0v) is 24.3.